The number of ether oxygens (including phenoxy) is 1. The Morgan fingerprint density at radius 3 is 2.66 bits per heavy atom. The van der Waals surface area contributed by atoms with E-state index < -0.39 is 0 Å². The Balaban J connectivity index is 1.63. The Kier molecular flexibility index (Phi) is 7.77. The molecule has 0 fully saturated rings. The maximum Gasteiger partial charge on any atom is 0.222 e. The monoisotopic (exact) mass is 453 g/mol. The predicted molar refractivity (Wildman–Crippen MR) is 126 cm³/mol. The Bertz CT molecular complexity index is 1140. The molecule has 0 aliphatic rings. The van der Waals surface area contributed by atoms with Crippen molar-refractivity contribution in [1.29, 1.82) is 0 Å². The Hall–Kier alpha value is -3.46. The highest BCUT2D eigenvalue weighted by molar-refractivity contribution is 7.71. The summed E-state index contributed by atoms with van der Waals surface area (Å²) in [5, 5.41) is 12.9. The third-order valence-corrected chi connectivity index (χ3v) is 5.14. The molecular weight excluding hydrogens is 426 g/mol. The molecule has 168 valence electrons. The summed E-state index contributed by atoms with van der Waals surface area (Å²) in [7, 11) is 0. The molecule has 0 aliphatic carbocycles. The number of carbonyl (C=O) groups is 2. The van der Waals surface area contributed by atoms with Gasteiger partial charge in [-0.25, -0.2) is 0 Å². The fourth-order valence-corrected chi connectivity index (χ4v) is 3.54. The normalized spacial score (nSPS) is 11.6. The predicted octanol–water partition coefficient (Wildman–Crippen LogP) is 4.23. The minimum absolute atomic E-state index is 0.108. The summed E-state index contributed by atoms with van der Waals surface area (Å²) in [5.41, 5.74) is 2.48. The number of nitrogens with one attached hydrogen (secondary N) is 3. The highest BCUT2D eigenvalue weighted by Gasteiger charge is 2.14. The number of aromatic amines is 1. The second-order valence-electron chi connectivity index (χ2n) is 7.31. The van der Waals surface area contributed by atoms with Gasteiger partial charge in [-0.3, -0.25) is 19.3 Å². The molecule has 0 aliphatic heterocycles. The molecule has 3 aromatic rings. The van der Waals surface area contributed by atoms with Crippen LogP contribution in [0.5, 0.6) is 5.75 Å². The third kappa shape index (κ3) is 6.04. The summed E-state index contributed by atoms with van der Waals surface area (Å²) in [6, 6.07) is 14.8. The molecule has 1 heterocycles. The van der Waals surface area contributed by atoms with Crippen molar-refractivity contribution in [3.63, 3.8) is 0 Å². The first kappa shape index (κ1) is 23.2. The van der Waals surface area contributed by atoms with E-state index >= 15 is 0 Å². The number of rotatable bonds is 9. The molecule has 1 unspecified atom stereocenters. The second-order valence-corrected chi connectivity index (χ2v) is 7.69. The number of H-pyrrole nitrogens is 1. The molecule has 0 saturated carbocycles. The van der Waals surface area contributed by atoms with Gasteiger partial charge < -0.3 is 15.4 Å². The molecule has 3 rings (SSSR count). The van der Waals surface area contributed by atoms with E-state index in [2.05, 4.69) is 20.8 Å². The van der Waals surface area contributed by atoms with Crippen LogP contribution in [-0.4, -0.2) is 33.2 Å². The zero-order valence-corrected chi connectivity index (χ0v) is 19.2. The van der Waals surface area contributed by atoms with Gasteiger partial charge in [0.2, 0.25) is 11.8 Å². The lowest BCUT2D eigenvalue weighted by Crippen LogP contribution is -2.27. The lowest BCUT2D eigenvalue weighted by Gasteiger charge is -2.16. The van der Waals surface area contributed by atoms with Crippen molar-refractivity contribution in [1.82, 2.24) is 20.1 Å². The van der Waals surface area contributed by atoms with Crippen molar-refractivity contribution in [2.45, 2.75) is 39.8 Å². The highest BCUT2D eigenvalue weighted by atomic mass is 32.1. The molecular formula is C23H27N5O3S. The molecule has 2 aromatic carbocycles. The standard InChI is InChI=1S/C23H27N5O3S/c1-4-31-20-10-8-17(9-11-20)22-26-27-23(32)28(22)13-12-21(30)24-15(2)18-6-5-7-19(14-18)25-16(3)29/h5-11,14-15H,4,12-13H2,1-3H3,(H,24,30)(H,25,29)(H,27,32). The van der Waals surface area contributed by atoms with Crippen molar-refractivity contribution < 1.29 is 14.3 Å². The van der Waals surface area contributed by atoms with E-state index in [1.54, 1.807) is 0 Å². The topological polar surface area (TPSA) is 101 Å². The van der Waals surface area contributed by atoms with Gasteiger partial charge in [0.1, 0.15) is 5.75 Å². The third-order valence-electron chi connectivity index (χ3n) is 4.83. The number of hydrogen-bond donors (Lipinski definition) is 3. The van der Waals surface area contributed by atoms with E-state index in [9.17, 15) is 9.59 Å². The first-order chi connectivity index (χ1) is 15.4. The fraction of sp³-hybridized carbons (Fsp3) is 0.304. The van der Waals surface area contributed by atoms with Crippen LogP contribution in [0.2, 0.25) is 0 Å². The van der Waals surface area contributed by atoms with Crippen molar-refractivity contribution in [3.05, 3.63) is 58.9 Å². The van der Waals surface area contributed by atoms with Crippen LogP contribution < -0.4 is 15.4 Å². The number of amides is 2. The summed E-state index contributed by atoms with van der Waals surface area (Å²) in [4.78, 5) is 23.9. The summed E-state index contributed by atoms with van der Waals surface area (Å²) in [5.74, 6) is 1.21. The Morgan fingerprint density at radius 2 is 1.97 bits per heavy atom. The van der Waals surface area contributed by atoms with Crippen LogP contribution in [0, 0.1) is 4.77 Å². The van der Waals surface area contributed by atoms with Crippen molar-refractivity contribution in [3.8, 4) is 17.1 Å². The van der Waals surface area contributed by atoms with Gasteiger partial charge in [-0.1, -0.05) is 12.1 Å². The van der Waals surface area contributed by atoms with E-state index in [0.29, 0.717) is 29.4 Å². The number of nitrogens with zero attached hydrogens (tertiary/aromatic N) is 2. The first-order valence-corrected chi connectivity index (χ1v) is 10.8. The lowest BCUT2D eigenvalue weighted by atomic mass is 10.1. The van der Waals surface area contributed by atoms with Gasteiger partial charge in [-0.05, 0) is 68.0 Å². The summed E-state index contributed by atoms with van der Waals surface area (Å²) >= 11 is 5.36. The summed E-state index contributed by atoms with van der Waals surface area (Å²) in [6.45, 7) is 6.29. The van der Waals surface area contributed by atoms with Gasteiger partial charge in [0, 0.05) is 31.1 Å². The maximum absolute atomic E-state index is 12.6. The number of anilines is 1. The van der Waals surface area contributed by atoms with E-state index in [4.69, 9.17) is 17.0 Å². The second kappa shape index (κ2) is 10.7. The molecule has 1 aromatic heterocycles. The molecule has 2 amide bonds. The molecule has 0 saturated heterocycles. The summed E-state index contributed by atoms with van der Waals surface area (Å²) in [6.07, 6.45) is 0.244. The largest absolute Gasteiger partial charge is 0.494 e. The Morgan fingerprint density at radius 1 is 1.22 bits per heavy atom. The number of carbonyl (C=O) groups excluding carboxylic acids is 2. The molecule has 32 heavy (non-hydrogen) atoms. The highest BCUT2D eigenvalue weighted by Crippen LogP contribution is 2.22. The van der Waals surface area contributed by atoms with E-state index in [-0.39, 0.29) is 24.3 Å². The maximum atomic E-state index is 12.6. The van der Waals surface area contributed by atoms with Crippen LogP contribution in [0.25, 0.3) is 11.4 Å². The lowest BCUT2D eigenvalue weighted by molar-refractivity contribution is -0.122. The molecule has 0 radical (unpaired) electrons. The average molecular weight is 454 g/mol. The molecule has 8 nitrogen and oxygen atoms in total. The number of hydrogen-bond acceptors (Lipinski definition) is 5. The average Bonchev–Trinajstić information content (AvgIpc) is 3.13. The molecule has 1 atom stereocenters. The van der Waals surface area contributed by atoms with Crippen molar-refractivity contribution in [2.75, 3.05) is 11.9 Å². The van der Waals surface area contributed by atoms with E-state index in [1.165, 1.54) is 6.92 Å². The van der Waals surface area contributed by atoms with Crippen LogP contribution in [0.1, 0.15) is 38.8 Å². The number of aromatic nitrogens is 3. The van der Waals surface area contributed by atoms with Crippen LogP contribution in [0.3, 0.4) is 0 Å². The summed E-state index contributed by atoms with van der Waals surface area (Å²) < 4.78 is 7.75. The van der Waals surface area contributed by atoms with E-state index in [1.807, 2.05) is 66.9 Å². The molecule has 9 heteroatoms. The van der Waals surface area contributed by atoms with Gasteiger partial charge in [0.05, 0.1) is 12.6 Å². The van der Waals surface area contributed by atoms with Crippen LogP contribution >= 0.6 is 12.2 Å². The first-order valence-electron chi connectivity index (χ1n) is 10.4. The SMILES string of the molecule is CCOc1ccc(-c2n[nH]c(=S)n2CCC(=O)NC(C)c2cccc(NC(C)=O)c2)cc1. The quantitative estimate of drug-likeness (QED) is 0.421. The van der Waals surface area contributed by atoms with Gasteiger partial charge >= 0.3 is 0 Å². The van der Waals surface area contributed by atoms with Crippen LogP contribution in [0.15, 0.2) is 48.5 Å². The van der Waals surface area contributed by atoms with E-state index in [0.717, 1.165) is 16.9 Å². The zero-order valence-electron chi connectivity index (χ0n) is 18.3. The van der Waals surface area contributed by atoms with Crippen LogP contribution in [0.4, 0.5) is 5.69 Å². The van der Waals surface area contributed by atoms with Gasteiger partial charge in [0.15, 0.2) is 10.6 Å². The molecule has 0 bridgehead atoms. The van der Waals surface area contributed by atoms with Crippen molar-refractivity contribution >= 4 is 29.7 Å². The van der Waals surface area contributed by atoms with Gasteiger partial charge in [-0.15, -0.1) is 0 Å². The van der Waals surface area contributed by atoms with Crippen molar-refractivity contribution in [2.24, 2.45) is 0 Å². The fourth-order valence-electron chi connectivity index (χ4n) is 3.31. The molecule has 3 N–H and O–H groups in total. The van der Waals surface area contributed by atoms with Gasteiger partial charge in [-0.2, -0.15) is 5.10 Å². The van der Waals surface area contributed by atoms with Gasteiger partial charge in [0.25, 0.3) is 0 Å². The molecule has 0 spiro atoms. The number of benzene rings is 2. The minimum Gasteiger partial charge on any atom is -0.494 e. The zero-order chi connectivity index (χ0) is 23.1. The van der Waals surface area contributed by atoms with Crippen LogP contribution in [-0.2, 0) is 16.1 Å². The minimum atomic E-state index is -0.209. The Labute approximate surface area is 192 Å². The smallest absolute Gasteiger partial charge is 0.222 e.